The van der Waals surface area contributed by atoms with Crippen LogP contribution >= 0.6 is 0 Å². The second-order valence-electron chi connectivity index (χ2n) is 6.23. The lowest BCUT2D eigenvalue weighted by Crippen LogP contribution is -2.26. The summed E-state index contributed by atoms with van der Waals surface area (Å²) in [5.74, 6) is 0.292. The zero-order valence-corrected chi connectivity index (χ0v) is 15.6. The number of hydrogen-bond donors (Lipinski definition) is 2. The lowest BCUT2D eigenvalue weighted by molar-refractivity contribution is 0.0949. The first-order chi connectivity index (χ1) is 13.7. The van der Waals surface area contributed by atoms with Gasteiger partial charge in [-0.05, 0) is 42.3 Å². The van der Waals surface area contributed by atoms with Gasteiger partial charge < -0.3 is 15.4 Å². The van der Waals surface area contributed by atoms with Crippen LogP contribution in [0.25, 0.3) is 0 Å². The fourth-order valence-corrected chi connectivity index (χ4v) is 2.71. The van der Waals surface area contributed by atoms with E-state index in [1.54, 1.807) is 43.6 Å². The van der Waals surface area contributed by atoms with Crippen LogP contribution in [0.4, 0.5) is 10.1 Å². The number of ether oxygens (including phenoxy) is 1. The Bertz CT molecular complexity index is 929. The average molecular weight is 379 g/mol. The van der Waals surface area contributed by atoms with Crippen LogP contribution in [-0.2, 0) is 13.0 Å². The number of carbonyl (C=O) groups is 1. The summed E-state index contributed by atoms with van der Waals surface area (Å²) in [5, 5.41) is 5.98. The highest BCUT2D eigenvalue weighted by molar-refractivity contribution is 5.93. The molecule has 3 aromatic rings. The van der Waals surface area contributed by atoms with Gasteiger partial charge in [-0.1, -0.05) is 30.3 Å². The van der Waals surface area contributed by atoms with Crippen LogP contribution in [0.5, 0.6) is 5.75 Å². The molecule has 0 radical (unpaired) electrons. The number of methoxy groups -OCH3 is 1. The summed E-state index contributed by atoms with van der Waals surface area (Å²) in [6.45, 7) is 0.828. The molecule has 0 aliphatic rings. The molecule has 6 heteroatoms. The van der Waals surface area contributed by atoms with Crippen LogP contribution in [-0.4, -0.2) is 24.5 Å². The standard InChI is InChI=1S/C22H22FN3O2/c1-28-19-8-6-16(7-9-19)10-12-25-22(27)21-14-18(11-13-24-21)26-15-17-4-2-3-5-20(17)23/h2-9,11,13-14H,10,12,15H2,1H3,(H,24,26)(H,25,27). The van der Waals surface area contributed by atoms with E-state index in [1.165, 1.54) is 6.07 Å². The van der Waals surface area contributed by atoms with E-state index in [0.717, 1.165) is 11.3 Å². The second kappa shape index (κ2) is 9.50. The molecule has 0 aliphatic heterocycles. The molecule has 3 rings (SSSR count). The van der Waals surface area contributed by atoms with Gasteiger partial charge in [0, 0.05) is 30.5 Å². The molecule has 0 unspecified atom stereocenters. The van der Waals surface area contributed by atoms with Crippen LogP contribution in [0.3, 0.4) is 0 Å². The zero-order chi connectivity index (χ0) is 19.8. The Morgan fingerprint density at radius 1 is 1.11 bits per heavy atom. The number of hydrogen-bond acceptors (Lipinski definition) is 4. The van der Waals surface area contributed by atoms with Crippen LogP contribution in [0.15, 0.2) is 66.9 Å². The maximum Gasteiger partial charge on any atom is 0.269 e. The van der Waals surface area contributed by atoms with E-state index in [2.05, 4.69) is 15.6 Å². The molecule has 0 fully saturated rings. The summed E-state index contributed by atoms with van der Waals surface area (Å²) in [5.41, 5.74) is 2.69. The SMILES string of the molecule is COc1ccc(CCNC(=O)c2cc(NCc3ccccc3F)ccn2)cc1. The number of nitrogens with zero attached hydrogens (tertiary/aromatic N) is 1. The minimum atomic E-state index is -0.263. The third-order valence-corrected chi connectivity index (χ3v) is 4.29. The predicted molar refractivity (Wildman–Crippen MR) is 107 cm³/mol. The van der Waals surface area contributed by atoms with Crippen LogP contribution in [0.1, 0.15) is 21.6 Å². The van der Waals surface area contributed by atoms with Crippen LogP contribution in [0.2, 0.25) is 0 Å². The summed E-state index contributed by atoms with van der Waals surface area (Å²) in [7, 11) is 1.63. The summed E-state index contributed by atoms with van der Waals surface area (Å²) in [4.78, 5) is 16.5. The first kappa shape index (κ1) is 19.4. The number of pyridine rings is 1. The van der Waals surface area contributed by atoms with E-state index in [4.69, 9.17) is 4.74 Å². The van der Waals surface area contributed by atoms with Crippen molar-refractivity contribution in [3.05, 3.63) is 89.5 Å². The molecule has 1 aromatic heterocycles. The molecule has 0 atom stereocenters. The molecule has 0 bridgehead atoms. The first-order valence-electron chi connectivity index (χ1n) is 9.00. The van der Waals surface area contributed by atoms with Gasteiger partial charge >= 0.3 is 0 Å². The number of halogens is 1. The van der Waals surface area contributed by atoms with Gasteiger partial charge in [0.2, 0.25) is 0 Å². The highest BCUT2D eigenvalue weighted by Crippen LogP contribution is 2.13. The number of amides is 1. The van der Waals surface area contributed by atoms with E-state index in [-0.39, 0.29) is 11.7 Å². The molecule has 0 saturated heterocycles. The van der Waals surface area contributed by atoms with Crippen molar-refractivity contribution in [2.24, 2.45) is 0 Å². The maximum atomic E-state index is 13.7. The Hall–Kier alpha value is -3.41. The normalized spacial score (nSPS) is 10.4. The quantitative estimate of drug-likeness (QED) is 0.625. The highest BCUT2D eigenvalue weighted by Gasteiger charge is 2.08. The lowest BCUT2D eigenvalue weighted by Gasteiger charge is -2.09. The van der Waals surface area contributed by atoms with Crippen molar-refractivity contribution in [3.63, 3.8) is 0 Å². The van der Waals surface area contributed by atoms with Crippen molar-refractivity contribution in [1.29, 1.82) is 0 Å². The van der Waals surface area contributed by atoms with Gasteiger partial charge in [-0.15, -0.1) is 0 Å². The van der Waals surface area contributed by atoms with Crippen LogP contribution < -0.4 is 15.4 Å². The molecule has 2 aromatic carbocycles. The minimum Gasteiger partial charge on any atom is -0.497 e. The topological polar surface area (TPSA) is 63.2 Å². The molecule has 0 saturated carbocycles. The van der Waals surface area contributed by atoms with Gasteiger partial charge in [0.25, 0.3) is 5.91 Å². The summed E-state index contributed by atoms with van der Waals surface area (Å²) < 4.78 is 18.8. The number of anilines is 1. The molecule has 144 valence electrons. The largest absolute Gasteiger partial charge is 0.497 e. The molecule has 1 heterocycles. The lowest BCUT2D eigenvalue weighted by atomic mass is 10.1. The predicted octanol–water partition coefficient (Wildman–Crippen LogP) is 3.81. The van der Waals surface area contributed by atoms with Gasteiger partial charge in [0.1, 0.15) is 17.3 Å². The molecule has 0 aliphatic carbocycles. The molecule has 28 heavy (non-hydrogen) atoms. The van der Waals surface area contributed by atoms with E-state index >= 15 is 0 Å². The van der Waals surface area contributed by atoms with Gasteiger partial charge in [0.15, 0.2) is 0 Å². The summed E-state index contributed by atoms with van der Waals surface area (Å²) >= 11 is 0. The van der Waals surface area contributed by atoms with Crippen molar-refractivity contribution < 1.29 is 13.9 Å². The summed E-state index contributed by atoms with van der Waals surface area (Å²) in [6.07, 6.45) is 2.27. The highest BCUT2D eigenvalue weighted by atomic mass is 19.1. The number of nitrogens with one attached hydrogen (secondary N) is 2. The van der Waals surface area contributed by atoms with Crippen molar-refractivity contribution in [3.8, 4) is 5.75 Å². The molecule has 5 nitrogen and oxygen atoms in total. The van der Waals surface area contributed by atoms with Gasteiger partial charge in [-0.2, -0.15) is 0 Å². The van der Waals surface area contributed by atoms with Crippen molar-refractivity contribution in [2.75, 3.05) is 19.0 Å². The molecule has 1 amide bonds. The minimum absolute atomic E-state index is 0.247. The van der Waals surface area contributed by atoms with Crippen molar-refractivity contribution in [2.45, 2.75) is 13.0 Å². The molecule has 2 N–H and O–H groups in total. The number of benzene rings is 2. The fourth-order valence-electron chi connectivity index (χ4n) is 2.71. The van der Waals surface area contributed by atoms with E-state index in [0.29, 0.717) is 36.5 Å². The number of rotatable bonds is 8. The zero-order valence-electron chi connectivity index (χ0n) is 15.6. The fraction of sp³-hybridized carbons (Fsp3) is 0.182. The Morgan fingerprint density at radius 3 is 2.64 bits per heavy atom. The Morgan fingerprint density at radius 2 is 1.89 bits per heavy atom. The van der Waals surface area contributed by atoms with E-state index in [1.807, 2.05) is 24.3 Å². The Kier molecular flexibility index (Phi) is 6.57. The first-order valence-corrected chi connectivity index (χ1v) is 9.00. The van der Waals surface area contributed by atoms with Gasteiger partial charge in [-0.3, -0.25) is 9.78 Å². The van der Waals surface area contributed by atoms with Gasteiger partial charge in [-0.25, -0.2) is 4.39 Å². The monoisotopic (exact) mass is 379 g/mol. The maximum absolute atomic E-state index is 13.7. The number of aromatic nitrogens is 1. The third-order valence-electron chi connectivity index (χ3n) is 4.29. The Labute approximate surface area is 163 Å². The number of carbonyl (C=O) groups excluding carboxylic acids is 1. The second-order valence-corrected chi connectivity index (χ2v) is 6.23. The molecule has 0 spiro atoms. The van der Waals surface area contributed by atoms with Crippen molar-refractivity contribution >= 4 is 11.6 Å². The third kappa shape index (κ3) is 5.30. The molecular weight excluding hydrogens is 357 g/mol. The van der Waals surface area contributed by atoms with E-state index < -0.39 is 0 Å². The van der Waals surface area contributed by atoms with Crippen molar-refractivity contribution in [1.82, 2.24) is 10.3 Å². The Balaban J connectivity index is 1.52. The molecular formula is C22H22FN3O2. The van der Waals surface area contributed by atoms with E-state index in [9.17, 15) is 9.18 Å². The van der Waals surface area contributed by atoms with Gasteiger partial charge in [0.05, 0.1) is 7.11 Å². The summed E-state index contributed by atoms with van der Waals surface area (Å²) in [6, 6.07) is 17.7. The average Bonchev–Trinajstić information content (AvgIpc) is 2.74. The smallest absolute Gasteiger partial charge is 0.269 e. The van der Waals surface area contributed by atoms with Crippen LogP contribution in [0, 0.1) is 5.82 Å².